The number of nitrogens with zero attached hydrogens (tertiary/aromatic N) is 2. The first-order valence-electron chi connectivity index (χ1n) is 9.97. The Bertz CT molecular complexity index is 1170. The van der Waals surface area contributed by atoms with Crippen LogP contribution in [0.2, 0.25) is 0 Å². The van der Waals surface area contributed by atoms with Crippen LogP contribution >= 0.6 is 11.8 Å². The van der Waals surface area contributed by atoms with Crippen molar-refractivity contribution < 1.29 is 27.5 Å². The number of hydrogen-bond donors (Lipinski definition) is 0. The highest BCUT2D eigenvalue weighted by Gasteiger charge is 2.54. The summed E-state index contributed by atoms with van der Waals surface area (Å²) >= 11 is 1.55. The number of carbonyl (C=O) groups excluding carboxylic acids is 2. The van der Waals surface area contributed by atoms with E-state index in [1.54, 1.807) is 39.8 Å². The summed E-state index contributed by atoms with van der Waals surface area (Å²) in [5.41, 5.74) is 1.60. The van der Waals surface area contributed by atoms with Crippen LogP contribution in [-0.4, -0.2) is 69.4 Å². The number of urea groups is 1. The van der Waals surface area contributed by atoms with E-state index in [-0.39, 0.29) is 24.1 Å². The molecule has 0 saturated carbocycles. The highest BCUT2D eigenvalue weighted by molar-refractivity contribution is 7.98. The van der Waals surface area contributed by atoms with Gasteiger partial charge in [0.15, 0.2) is 9.84 Å². The molecule has 170 valence electrons. The normalized spacial score (nSPS) is 21.5. The van der Waals surface area contributed by atoms with E-state index >= 15 is 0 Å². The molecule has 2 aromatic carbocycles. The predicted octanol–water partition coefficient (Wildman–Crippen LogP) is 2.81. The maximum Gasteiger partial charge on any atom is 0.337 e. The molecule has 2 fully saturated rings. The summed E-state index contributed by atoms with van der Waals surface area (Å²) in [4.78, 5) is 29.7. The van der Waals surface area contributed by atoms with Gasteiger partial charge in [0.25, 0.3) is 0 Å². The molecule has 2 aromatic rings. The zero-order chi connectivity index (χ0) is 23.0. The van der Waals surface area contributed by atoms with Gasteiger partial charge in [-0.2, -0.15) is 0 Å². The van der Waals surface area contributed by atoms with E-state index in [4.69, 9.17) is 9.47 Å². The lowest BCUT2D eigenvalue weighted by atomic mass is 10.1. The van der Waals surface area contributed by atoms with Crippen molar-refractivity contribution in [2.75, 3.05) is 36.9 Å². The number of hydrogen-bond acceptors (Lipinski definition) is 7. The first kappa shape index (κ1) is 22.5. The Kier molecular flexibility index (Phi) is 6.09. The summed E-state index contributed by atoms with van der Waals surface area (Å²) in [5.74, 6) is -0.173. The molecule has 0 aliphatic carbocycles. The smallest absolute Gasteiger partial charge is 0.337 e. The summed E-state index contributed by atoms with van der Waals surface area (Å²) in [5, 5.41) is 0. The number of ether oxygens (including phenoxy) is 2. The van der Waals surface area contributed by atoms with Crippen LogP contribution in [0, 0.1) is 0 Å². The van der Waals surface area contributed by atoms with E-state index in [2.05, 4.69) is 0 Å². The fourth-order valence-corrected chi connectivity index (χ4v) is 6.76. The minimum Gasteiger partial charge on any atom is -0.496 e. The lowest BCUT2D eigenvalue weighted by Crippen LogP contribution is -2.37. The number of amides is 2. The van der Waals surface area contributed by atoms with Crippen LogP contribution in [-0.2, 0) is 21.1 Å². The highest BCUT2D eigenvalue weighted by atomic mass is 32.2. The molecule has 10 heteroatoms. The second kappa shape index (κ2) is 8.67. The number of anilines is 1. The number of carbonyl (C=O) groups is 2. The van der Waals surface area contributed by atoms with Gasteiger partial charge in [0, 0.05) is 16.1 Å². The standard InChI is InChI=1S/C22H24N2O6S2/c1-29-20-8-7-14(21(25)30-2)9-15(20)11-23-18-12-32(27,28)13-19(18)24(22(23)26)16-5-4-6-17(10-16)31-3/h4-10,18-19H,11-13H2,1-3H3/t18-,19+/m0/s1. The van der Waals surface area contributed by atoms with E-state index in [0.717, 1.165) is 4.90 Å². The molecule has 8 nitrogen and oxygen atoms in total. The topological polar surface area (TPSA) is 93.2 Å². The molecule has 0 unspecified atom stereocenters. The fourth-order valence-electron chi connectivity index (χ4n) is 4.35. The van der Waals surface area contributed by atoms with E-state index in [9.17, 15) is 18.0 Å². The van der Waals surface area contributed by atoms with Gasteiger partial charge in [0.1, 0.15) is 5.75 Å². The lowest BCUT2D eigenvalue weighted by molar-refractivity contribution is 0.0600. The lowest BCUT2D eigenvalue weighted by Gasteiger charge is -2.24. The van der Waals surface area contributed by atoms with Crippen LogP contribution in [0.3, 0.4) is 0 Å². The van der Waals surface area contributed by atoms with Crippen LogP contribution in [0.4, 0.5) is 10.5 Å². The monoisotopic (exact) mass is 476 g/mol. The Balaban J connectivity index is 1.73. The van der Waals surface area contributed by atoms with Gasteiger partial charge >= 0.3 is 12.0 Å². The Hall–Kier alpha value is -2.72. The molecule has 2 amide bonds. The van der Waals surface area contributed by atoms with E-state index in [0.29, 0.717) is 22.6 Å². The molecule has 2 atom stereocenters. The zero-order valence-electron chi connectivity index (χ0n) is 18.0. The van der Waals surface area contributed by atoms with Gasteiger partial charge < -0.3 is 14.4 Å². The van der Waals surface area contributed by atoms with Crippen molar-refractivity contribution in [1.29, 1.82) is 0 Å². The quantitative estimate of drug-likeness (QED) is 0.360. The van der Waals surface area contributed by atoms with Gasteiger partial charge in [-0.3, -0.25) is 4.90 Å². The third-order valence-corrected chi connectivity index (χ3v) is 8.28. The summed E-state index contributed by atoms with van der Waals surface area (Å²) in [6.45, 7) is 0.113. The Morgan fingerprint density at radius 3 is 2.56 bits per heavy atom. The van der Waals surface area contributed by atoms with Crippen LogP contribution in [0.15, 0.2) is 47.4 Å². The zero-order valence-corrected chi connectivity index (χ0v) is 19.6. The predicted molar refractivity (Wildman–Crippen MR) is 122 cm³/mol. The summed E-state index contributed by atoms with van der Waals surface area (Å²) in [7, 11) is -0.496. The Labute approximate surface area is 191 Å². The van der Waals surface area contributed by atoms with Crippen molar-refractivity contribution >= 4 is 39.3 Å². The van der Waals surface area contributed by atoms with Crippen LogP contribution in [0.25, 0.3) is 0 Å². The SMILES string of the molecule is COC(=O)c1ccc(OC)c(CN2C(=O)N(c3cccc(SC)c3)[C@@H]3CS(=O)(=O)C[C@@H]32)c1. The molecular formula is C22H24N2O6S2. The van der Waals surface area contributed by atoms with Crippen molar-refractivity contribution in [3.63, 3.8) is 0 Å². The van der Waals surface area contributed by atoms with E-state index in [1.807, 2.05) is 30.5 Å². The molecule has 0 N–H and O–H groups in total. The van der Waals surface area contributed by atoms with Crippen LogP contribution in [0.5, 0.6) is 5.75 Å². The maximum atomic E-state index is 13.5. The van der Waals surface area contributed by atoms with Crippen molar-refractivity contribution in [1.82, 2.24) is 4.90 Å². The summed E-state index contributed by atoms with van der Waals surface area (Å²) in [6.07, 6.45) is 1.95. The molecule has 0 spiro atoms. The molecular weight excluding hydrogens is 452 g/mol. The molecule has 32 heavy (non-hydrogen) atoms. The summed E-state index contributed by atoms with van der Waals surface area (Å²) in [6, 6.07) is 11.1. The number of rotatable bonds is 6. The maximum absolute atomic E-state index is 13.5. The number of esters is 1. The first-order chi connectivity index (χ1) is 15.3. The fraction of sp³-hybridized carbons (Fsp3) is 0.364. The molecule has 2 heterocycles. The second-order valence-corrected chi connectivity index (χ2v) is 10.7. The number of thioether (sulfide) groups is 1. The minimum atomic E-state index is -3.30. The van der Waals surface area contributed by atoms with Crippen molar-refractivity contribution in [3.05, 3.63) is 53.6 Å². The summed E-state index contributed by atoms with van der Waals surface area (Å²) < 4.78 is 35.2. The van der Waals surface area contributed by atoms with Gasteiger partial charge in [-0.25, -0.2) is 18.0 Å². The second-order valence-electron chi connectivity index (χ2n) is 7.71. The molecule has 4 rings (SSSR count). The van der Waals surface area contributed by atoms with Gasteiger partial charge in [0.2, 0.25) is 0 Å². The van der Waals surface area contributed by atoms with Crippen LogP contribution < -0.4 is 9.64 Å². The molecule has 2 aliphatic rings. The van der Waals surface area contributed by atoms with E-state index < -0.39 is 27.9 Å². The molecule has 2 saturated heterocycles. The average molecular weight is 477 g/mol. The largest absolute Gasteiger partial charge is 0.496 e. The van der Waals surface area contributed by atoms with Gasteiger partial charge in [-0.15, -0.1) is 11.8 Å². The van der Waals surface area contributed by atoms with Gasteiger partial charge in [-0.1, -0.05) is 6.07 Å². The molecule has 0 aromatic heterocycles. The van der Waals surface area contributed by atoms with Crippen LogP contribution in [0.1, 0.15) is 15.9 Å². The van der Waals surface area contributed by atoms with Crippen molar-refractivity contribution in [2.45, 2.75) is 23.5 Å². The van der Waals surface area contributed by atoms with Gasteiger partial charge in [0.05, 0.1) is 49.9 Å². The van der Waals surface area contributed by atoms with E-state index in [1.165, 1.54) is 14.2 Å². The third-order valence-electron chi connectivity index (χ3n) is 5.85. The third kappa shape index (κ3) is 4.04. The number of benzene rings is 2. The molecule has 2 aliphatic heterocycles. The number of methoxy groups -OCH3 is 2. The van der Waals surface area contributed by atoms with Crippen molar-refractivity contribution in [3.8, 4) is 5.75 Å². The van der Waals surface area contributed by atoms with Crippen molar-refractivity contribution in [2.24, 2.45) is 0 Å². The minimum absolute atomic E-state index is 0.0806. The molecule has 0 bridgehead atoms. The van der Waals surface area contributed by atoms with Gasteiger partial charge in [-0.05, 0) is 42.7 Å². The average Bonchev–Trinajstić information content (AvgIpc) is 3.22. The molecule has 0 radical (unpaired) electrons. The number of fused-ring (bicyclic) bond motifs is 1. The Morgan fingerprint density at radius 2 is 1.88 bits per heavy atom. The highest BCUT2D eigenvalue weighted by Crippen LogP contribution is 2.38. The first-order valence-corrected chi connectivity index (χ1v) is 13.0. The number of sulfone groups is 1. The Morgan fingerprint density at radius 1 is 1.12 bits per heavy atom.